The SMILES string of the molecule is CC(C)(C)c1nc(C2CCCC2)c(N)n1C(C)(C)C. The second-order valence-corrected chi connectivity index (χ2v) is 7.94. The number of imidazole rings is 1. The summed E-state index contributed by atoms with van der Waals surface area (Å²) in [6.45, 7) is 13.3. The van der Waals surface area contributed by atoms with Gasteiger partial charge in [-0.25, -0.2) is 4.98 Å². The Hall–Kier alpha value is -0.990. The Labute approximate surface area is 117 Å². The number of nitrogens with two attached hydrogens (primary N) is 1. The minimum atomic E-state index is -0.0173. The van der Waals surface area contributed by atoms with Crippen molar-refractivity contribution in [3.63, 3.8) is 0 Å². The Balaban J connectivity index is 2.57. The summed E-state index contributed by atoms with van der Waals surface area (Å²) < 4.78 is 2.25. The molecule has 0 saturated heterocycles. The van der Waals surface area contributed by atoms with Crippen LogP contribution in [0.15, 0.2) is 0 Å². The van der Waals surface area contributed by atoms with E-state index in [-0.39, 0.29) is 11.0 Å². The molecule has 3 nitrogen and oxygen atoms in total. The van der Waals surface area contributed by atoms with E-state index in [0.717, 1.165) is 17.3 Å². The average molecular weight is 263 g/mol. The Bertz CT molecular complexity index is 452. The van der Waals surface area contributed by atoms with Crippen LogP contribution in [0.3, 0.4) is 0 Å². The number of nitrogen functional groups attached to an aromatic ring is 1. The molecule has 1 fully saturated rings. The molecule has 0 atom stereocenters. The van der Waals surface area contributed by atoms with Crippen LogP contribution < -0.4 is 5.73 Å². The van der Waals surface area contributed by atoms with Crippen molar-refractivity contribution in [2.75, 3.05) is 5.73 Å². The van der Waals surface area contributed by atoms with Gasteiger partial charge in [-0.3, -0.25) is 0 Å². The van der Waals surface area contributed by atoms with E-state index in [1.165, 1.54) is 25.7 Å². The zero-order valence-electron chi connectivity index (χ0n) is 13.4. The van der Waals surface area contributed by atoms with Gasteiger partial charge in [-0.2, -0.15) is 0 Å². The first-order valence-electron chi connectivity index (χ1n) is 7.51. The summed E-state index contributed by atoms with van der Waals surface area (Å²) in [5, 5.41) is 0. The minimum absolute atomic E-state index is 0.0173. The molecule has 3 heteroatoms. The van der Waals surface area contributed by atoms with Gasteiger partial charge in [0.15, 0.2) is 0 Å². The third-order valence-corrected chi connectivity index (χ3v) is 4.03. The highest BCUT2D eigenvalue weighted by atomic mass is 15.2. The van der Waals surface area contributed by atoms with Gasteiger partial charge < -0.3 is 10.3 Å². The maximum Gasteiger partial charge on any atom is 0.127 e. The number of anilines is 1. The van der Waals surface area contributed by atoms with Gasteiger partial charge in [0.05, 0.1) is 5.69 Å². The fourth-order valence-corrected chi connectivity index (χ4v) is 3.13. The smallest absolute Gasteiger partial charge is 0.127 e. The van der Waals surface area contributed by atoms with Crippen LogP contribution in [0.25, 0.3) is 0 Å². The Morgan fingerprint density at radius 1 is 1.05 bits per heavy atom. The van der Waals surface area contributed by atoms with Gasteiger partial charge >= 0.3 is 0 Å². The van der Waals surface area contributed by atoms with E-state index in [2.05, 4.69) is 46.1 Å². The molecule has 1 aromatic heterocycles. The highest BCUT2D eigenvalue weighted by Gasteiger charge is 2.33. The van der Waals surface area contributed by atoms with Gasteiger partial charge in [-0.15, -0.1) is 0 Å². The van der Waals surface area contributed by atoms with Crippen LogP contribution in [0.5, 0.6) is 0 Å². The standard InChI is InChI=1S/C16H29N3/c1-15(2,3)14-18-12(11-9-7-8-10-11)13(17)19(14)16(4,5)6/h11H,7-10,17H2,1-6H3. The van der Waals surface area contributed by atoms with Gasteiger partial charge in [0, 0.05) is 16.9 Å². The molecule has 108 valence electrons. The molecule has 1 heterocycles. The van der Waals surface area contributed by atoms with Gasteiger partial charge in [0.1, 0.15) is 11.6 Å². The number of nitrogens with zero attached hydrogens (tertiary/aromatic N) is 2. The first kappa shape index (κ1) is 14.4. The summed E-state index contributed by atoms with van der Waals surface area (Å²) in [5.41, 5.74) is 7.63. The molecule has 0 aromatic carbocycles. The number of hydrogen-bond acceptors (Lipinski definition) is 2. The van der Waals surface area contributed by atoms with E-state index >= 15 is 0 Å². The Morgan fingerprint density at radius 2 is 1.58 bits per heavy atom. The zero-order chi connectivity index (χ0) is 14.4. The first-order chi connectivity index (χ1) is 8.62. The van der Waals surface area contributed by atoms with E-state index in [0.29, 0.717) is 5.92 Å². The van der Waals surface area contributed by atoms with E-state index in [1.807, 2.05) is 0 Å². The number of rotatable bonds is 1. The molecule has 0 bridgehead atoms. The van der Waals surface area contributed by atoms with Crippen LogP contribution in [0, 0.1) is 0 Å². The van der Waals surface area contributed by atoms with Gasteiger partial charge in [-0.05, 0) is 33.6 Å². The van der Waals surface area contributed by atoms with Crippen molar-refractivity contribution in [1.82, 2.24) is 9.55 Å². The Morgan fingerprint density at radius 3 is 1.95 bits per heavy atom. The monoisotopic (exact) mass is 263 g/mol. The highest BCUT2D eigenvalue weighted by Crippen LogP contribution is 2.40. The second-order valence-electron chi connectivity index (χ2n) is 7.94. The fraction of sp³-hybridized carbons (Fsp3) is 0.812. The molecule has 2 rings (SSSR count). The summed E-state index contributed by atoms with van der Waals surface area (Å²) >= 11 is 0. The van der Waals surface area contributed by atoms with E-state index < -0.39 is 0 Å². The lowest BCUT2D eigenvalue weighted by molar-refractivity contribution is 0.359. The van der Waals surface area contributed by atoms with Crippen LogP contribution in [0.1, 0.15) is 84.7 Å². The molecule has 2 N–H and O–H groups in total. The normalized spacial score (nSPS) is 18.2. The molecule has 0 aliphatic heterocycles. The highest BCUT2D eigenvalue weighted by molar-refractivity contribution is 5.43. The minimum Gasteiger partial charge on any atom is -0.384 e. The Kier molecular flexibility index (Phi) is 3.44. The summed E-state index contributed by atoms with van der Waals surface area (Å²) in [6, 6.07) is 0. The van der Waals surface area contributed by atoms with Crippen LogP contribution in [0.4, 0.5) is 5.82 Å². The lowest BCUT2D eigenvalue weighted by Crippen LogP contribution is -2.30. The molecule has 0 unspecified atom stereocenters. The number of aromatic nitrogens is 2. The van der Waals surface area contributed by atoms with Crippen molar-refractivity contribution < 1.29 is 0 Å². The molecular formula is C16H29N3. The molecule has 0 radical (unpaired) electrons. The third kappa shape index (κ3) is 2.65. The van der Waals surface area contributed by atoms with Crippen LogP contribution in [-0.4, -0.2) is 9.55 Å². The maximum absolute atomic E-state index is 6.47. The maximum atomic E-state index is 6.47. The van der Waals surface area contributed by atoms with E-state index in [9.17, 15) is 0 Å². The van der Waals surface area contributed by atoms with Crippen LogP contribution in [-0.2, 0) is 11.0 Å². The molecule has 1 aliphatic carbocycles. The quantitative estimate of drug-likeness (QED) is 0.826. The van der Waals surface area contributed by atoms with Crippen molar-refractivity contribution in [3.8, 4) is 0 Å². The molecule has 1 saturated carbocycles. The van der Waals surface area contributed by atoms with Crippen molar-refractivity contribution >= 4 is 5.82 Å². The molecule has 0 amide bonds. The predicted molar refractivity (Wildman–Crippen MR) is 81.5 cm³/mol. The van der Waals surface area contributed by atoms with Crippen molar-refractivity contribution in [2.45, 2.75) is 84.1 Å². The zero-order valence-corrected chi connectivity index (χ0v) is 13.4. The summed E-state index contributed by atoms with van der Waals surface area (Å²) in [5.74, 6) is 2.59. The average Bonchev–Trinajstić information content (AvgIpc) is 2.80. The van der Waals surface area contributed by atoms with Gasteiger partial charge in [-0.1, -0.05) is 33.6 Å². The predicted octanol–water partition coefficient (Wildman–Crippen LogP) is 4.18. The largest absolute Gasteiger partial charge is 0.384 e. The van der Waals surface area contributed by atoms with Gasteiger partial charge in [0.2, 0.25) is 0 Å². The van der Waals surface area contributed by atoms with Crippen LogP contribution in [0.2, 0.25) is 0 Å². The molecule has 1 aliphatic rings. The fourth-order valence-electron chi connectivity index (χ4n) is 3.13. The van der Waals surface area contributed by atoms with Crippen molar-refractivity contribution in [2.24, 2.45) is 0 Å². The van der Waals surface area contributed by atoms with E-state index in [4.69, 9.17) is 10.7 Å². The topological polar surface area (TPSA) is 43.8 Å². The van der Waals surface area contributed by atoms with Crippen molar-refractivity contribution in [3.05, 3.63) is 11.5 Å². The summed E-state index contributed by atoms with van der Waals surface area (Å²) in [4.78, 5) is 4.97. The molecule has 19 heavy (non-hydrogen) atoms. The van der Waals surface area contributed by atoms with Crippen molar-refractivity contribution in [1.29, 1.82) is 0 Å². The summed E-state index contributed by atoms with van der Waals surface area (Å²) in [6.07, 6.45) is 5.12. The second kappa shape index (κ2) is 4.53. The number of hydrogen-bond donors (Lipinski definition) is 1. The van der Waals surface area contributed by atoms with Crippen LogP contribution >= 0.6 is 0 Å². The molecular weight excluding hydrogens is 234 g/mol. The first-order valence-corrected chi connectivity index (χ1v) is 7.51. The van der Waals surface area contributed by atoms with Gasteiger partial charge in [0.25, 0.3) is 0 Å². The molecule has 1 aromatic rings. The lowest BCUT2D eigenvalue weighted by atomic mass is 9.94. The molecule has 0 spiro atoms. The third-order valence-electron chi connectivity index (χ3n) is 4.03. The summed E-state index contributed by atoms with van der Waals surface area (Å²) in [7, 11) is 0. The lowest BCUT2D eigenvalue weighted by Gasteiger charge is -2.29. The van der Waals surface area contributed by atoms with E-state index in [1.54, 1.807) is 0 Å².